The summed E-state index contributed by atoms with van der Waals surface area (Å²) in [7, 11) is 0. The van der Waals surface area contributed by atoms with E-state index in [0.717, 1.165) is 68.1 Å². The number of piperazine rings is 1. The summed E-state index contributed by atoms with van der Waals surface area (Å²) in [6, 6.07) is 4.17. The molecule has 2 aromatic rings. The third-order valence-corrected chi connectivity index (χ3v) is 7.44. The van der Waals surface area contributed by atoms with Crippen molar-refractivity contribution in [2.24, 2.45) is 11.8 Å². The summed E-state index contributed by atoms with van der Waals surface area (Å²) in [5.74, 6) is 3.00. The van der Waals surface area contributed by atoms with E-state index < -0.39 is 0 Å². The van der Waals surface area contributed by atoms with E-state index in [0.29, 0.717) is 35.9 Å². The Kier molecular flexibility index (Phi) is 5.51. The molecular weight excluding hydrogens is 430 g/mol. The van der Waals surface area contributed by atoms with Crippen molar-refractivity contribution >= 4 is 23.4 Å². The summed E-state index contributed by atoms with van der Waals surface area (Å²) in [6.07, 6.45) is 8.50. The van der Waals surface area contributed by atoms with Gasteiger partial charge in [-0.05, 0) is 56.6 Å². The molecule has 0 aromatic carbocycles. The molecule has 1 atom stereocenters. The van der Waals surface area contributed by atoms with Crippen LogP contribution in [0.1, 0.15) is 50.1 Å². The molecule has 2 aromatic heterocycles. The predicted octanol–water partition coefficient (Wildman–Crippen LogP) is 2.24. The zero-order valence-electron chi connectivity index (χ0n) is 19.5. The van der Waals surface area contributed by atoms with Crippen molar-refractivity contribution in [3.8, 4) is 11.3 Å². The van der Waals surface area contributed by atoms with Gasteiger partial charge in [-0.1, -0.05) is 0 Å². The fraction of sp³-hybridized carbons (Fsp3) is 0.600. The second kappa shape index (κ2) is 8.69. The summed E-state index contributed by atoms with van der Waals surface area (Å²) in [6.45, 7) is 2.75. The van der Waals surface area contributed by atoms with Gasteiger partial charge >= 0.3 is 0 Å². The monoisotopic (exact) mass is 463 g/mol. The first-order chi connectivity index (χ1) is 16.6. The molecule has 0 bridgehead atoms. The molecule has 1 amide bonds. The number of nitrogen functional groups attached to an aromatic ring is 1. The number of carbonyl (C=O) groups is 1. The van der Waals surface area contributed by atoms with Gasteiger partial charge in [0.15, 0.2) is 5.82 Å². The molecule has 4 aliphatic rings. The van der Waals surface area contributed by atoms with Gasteiger partial charge in [0.2, 0.25) is 11.9 Å². The first-order valence-corrected chi connectivity index (χ1v) is 12.7. The molecule has 6 rings (SSSR count). The van der Waals surface area contributed by atoms with E-state index in [1.165, 1.54) is 12.8 Å². The number of aliphatic hydroxyl groups excluding tert-OH is 1. The minimum absolute atomic E-state index is 0.0193. The van der Waals surface area contributed by atoms with Crippen LogP contribution in [-0.2, 0) is 4.79 Å². The van der Waals surface area contributed by atoms with Crippen LogP contribution in [0.5, 0.6) is 0 Å². The summed E-state index contributed by atoms with van der Waals surface area (Å²) < 4.78 is 0. The SMILES string of the molecule is Nc1cc(-c2ccnc(NCCO)n2)c(C2CC2)nc1N1CCN(C(=O)C2CC2)[C@H](C2CC2)C1. The lowest BCUT2D eigenvalue weighted by atomic mass is 10.0. The van der Waals surface area contributed by atoms with Crippen LogP contribution < -0.4 is 16.0 Å². The Balaban J connectivity index is 1.29. The lowest BCUT2D eigenvalue weighted by molar-refractivity contribution is -0.135. The van der Waals surface area contributed by atoms with Crippen LogP contribution in [-0.4, -0.2) is 69.7 Å². The van der Waals surface area contributed by atoms with Gasteiger partial charge in [-0.25, -0.2) is 15.0 Å². The molecule has 1 saturated heterocycles. The Labute approximate surface area is 199 Å². The minimum Gasteiger partial charge on any atom is -0.396 e. The summed E-state index contributed by atoms with van der Waals surface area (Å²) in [5.41, 5.74) is 10.1. The average molecular weight is 464 g/mol. The number of rotatable bonds is 8. The van der Waals surface area contributed by atoms with Crippen LogP contribution in [0.25, 0.3) is 11.3 Å². The molecule has 4 N–H and O–H groups in total. The smallest absolute Gasteiger partial charge is 0.226 e. The number of hydrogen-bond donors (Lipinski definition) is 3. The van der Waals surface area contributed by atoms with Crippen LogP contribution in [0.2, 0.25) is 0 Å². The van der Waals surface area contributed by atoms with Gasteiger partial charge in [-0.3, -0.25) is 4.79 Å². The maximum Gasteiger partial charge on any atom is 0.226 e. The van der Waals surface area contributed by atoms with Gasteiger partial charge in [-0.15, -0.1) is 0 Å². The van der Waals surface area contributed by atoms with Gasteiger partial charge in [0.1, 0.15) is 0 Å². The summed E-state index contributed by atoms with van der Waals surface area (Å²) in [5, 5.41) is 12.1. The Morgan fingerprint density at radius 3 is 2.68 bits per heavy atom. The maximum absolute atomic E-state index is 12.9. The van der Waals surface area contributed by atoms with Crippen molar-refractivity contribution in [3.63, 3.8) is 0 Å². The fourth-order valence-electron chi connectivity index (χ4n) is 5.15. The molecular formula is C25H33N7O2. The number of pyridine rings is 1. The highest BCUT2D eigenvalue weighted by atomic mass is 16.3. The molecule has 180 valence electrons. The minimum atomic E-state index is 0.0193. The molecule has 0 spiro atoms. The zero-order valence-corrected chi connectivity index (χ0v) is 19.5. The number of amides is 1. The van der Waals surface area contributed by atoms with Gasteiger partial charge in [0, 0.05) is 49.8 Å². The van der Waals surface area contributed by atoms with Gasteiger partial charge in [0.05, 0.1) is 29.7 Å². The lowest BCUT2D eigenvalue weighted by Gasteiger charge is -2.43. The first kappa shape index (κ1) is 21.6. The molecule has 3 heterocycles. The lowest BCUT2D eigenvalue weighted by Crippen LogP contribution is -2.57. The number of hydrogen-bond acceptors (Lipinski definition) is 8. The van der Waals surface area contributed by atoms with Crippen molar-refractivity contribution < 1.29 is 9.90 Å². The van der Waals surface area contributed by atoms with Crippen molar-refractivity contribution in [1.29, 1.82) is 0 Å². The number of nitrogens with zero attached hydrogens (tertiary/aromatic N) is 5. The normalized spacial score (nSPS) is 22.7. The number of nitrogens with one attached hydrogen (secondary N) is 1. The number of anilines is 3. The summed E-state index contributed by atoms with van der Waals surface area (Å²) in [4.78, 5) is 31.4. The van der Waals surface area contributed by atoms with E-state index >= 15 is 0 Å². The van der Waals surface area contributed by atoms with Crippen molar-refractivity contribution in [3.05, 3.63) is 24.0 Å². The maximum atomic E-state index is 12.9. The Morgan fingerprint density at radius 1 is 1.15 bits per heavy atom. The van der Waals surface area contributed by atoms with Crippen molar-refractivity contribution in [2.75, 3.05) is 48.7 Å². The Bertz CT molecular complexity index is 1080. The highest BCUT2D eigenvalue weighted by Gasteiger charge is 2.45. The van der Waals surface area contributed by atoms with Crippen LogP contribution in [0.15, 0.2) is 18.3 Å². The van der Waals surface area contributed by atoms with E-state index in [1.807, 2.05) is 12.1 Å². The molecule has 3 aliphatic carbocycles. The van der Waals surface area contributed by atoms with Gasteiger partial charge < -0.3 is 26.0 Å². The topological polar surface area (TPSA) is 120 Å². The number of aromatic nitrogens is 3. The van der Waals surface area contributed by atoms with E-state index in [-0.39, 0.29) is 18.6 Å². The quantitative estimate of drug-likeness (QED) is 0.545. The first-order valence-electron chi connectivity index (χ1n) is 12.7. The largest absolute Gasteiger partial charge is 0.396 e. The number of nitrogens with two attached hydrogens (primary N) is 1. The van der Waals surface area contributed by atoms with Gasteiger partial charge in [0.25, 0.3) is 0 Å². The summed E-state index contributed by atoms with van der Waals surface area (Å²) >= 11 is 0. The van der Waals surface area contributed by atoms with Crippen molar-refractivity contribution in [1.82, 2.24) is 19.9 Å². The highest BCUT2D eigenvalue weighted by molar-refractivity contribution is 5.82. The fourth-order valence-corrected chi connectivity index (χ4v) is 5.15. The van der Waals surface area contributed by atoms with E-state index in [4.69, 9.17) is 15.8 Å². The molecule has 9 heteroatoms. The van der Waals surface area contributed by atoms with Crippen LogP contribution >= 0.6 is 0 Å². The second-order valence-electron chi connectivity index (χ2n) is 10.2. The average Bonchev–Trinajstić information content (AvgIpc) is 3.73. The number of carbonyl (C=O) groups excluding carboxylic acids is 1. The number of aliphatic hydroxyl groups is 1. The predicted molar refractivity (Wildman–Crippen MR) is 130 cm³/mol. The third kappa shape index (κ3) is 4.29. The van der Waals surface area contributed by atoms with E-state index in [9.17, 15) is 4.79 Å². The molecule has 0 radical (unpaired) electrons. The molecule has 3 saturated carbocycles. The van der Waals surface area contributed by atoms with Crippen LogP contribution in [0.3, 0.4) is 0 Å². The third-order valence-electron chi connectivity index (χ3n) is 7.44. The molecule has 0 unspecified atom stereocenters. The highest BCUT2D eigenvalue weighted by Crippen LogP contribution is 2.46. The molecule has 1 aliphatic heterocycles. The van der Waals surface area contributed by atoms with E-state index in [2.05, 4.69) is 25.1 Å². The van der Waals surface area contributed by atoms with Crippen LogP contribution in [0.4, 0.5) is 17.5 Å². The second-order valence-corrected chi connectivity index (χ2v) is 10.2. The molecule has 34 heavy (non-hydrogen) atoms. The standard InChI is InChI=1S/C25H33N7O2/c26-19-13-18(20-7-8-27-25(29-20)28-9-12-33)22(16-3-4-16)30-23(19)31-10-11-32(24(34)17-5-6-17)21(14-31)15-1-2-15/h7-8,13,15-17,21,33H,1-6,9-12,14,26H2,(H,27,28,29)/t21-/m0/s1. The molecule has 9 nitrogen and oxygen atoms in total. The van der Waals surface area contributed by atoms with Crippen LogP contribution in [0, 0.1) is 11.8 Å². The van der Waals surface area contributed by atoms with Crippen molar-refractivity contribution in [2.45, 2.75) is 50.5 Å². The van der Waals surface area contributed by atoms with E-state index in [1.54, 1.807) is 6.20 Å². The Hall–Kier alpha value is -2.94. The molecule has 4 fully saturated rings. The Morgan fingerprint density at radius 2 is 1.97 bits per heavy atom. The van der Waals surface area contributed by atoms with Gasteiger partial charge in [-0.2, -0.15) is 0 Å². The zero-order chi connectivity index (χ0) is 23.2.